The van der Waals surface area contributed by atoms with Crippen LogP contribution >= 0.6 is 15.9 Å². The van der Waals surface area contributed by atoms with Gasteiger partial charge in [0.15, 0.2) is 0 Å². The highest BCUT2D eigenvalue weighted by Crippen LogP contribution is 2.23. The molecule has 0 amide bonds. The number of nitro groups is 1. The summed E-state index contributed by atoms with van der Waals surface area (Å²) >= 11 is 3.38. The van der Waals surface area contributed by atoms with Crippen molar-refractivity contribution in [3.8, 4) is 0 Å². The maximum absolute atomic E-state index is 13.5. The van der Waals surface area contributed by atoms with Gasteiger partial charge >= 0.3 is 0 Å². The van der Waals surface area contributed by atoms with E-state index in [9.17, 15) is 14.5 Å². The molecule has 0 atom stereocenters. The highest BCUT2D eigenvalue weighted by atomic mass is 79.9. The summed E-state index contributed by atoms with van der Waals surface area (Å²) in [5.74, 6) is -0.516. The summed E-state index contributed by atoms with van der Waals surface area (Å²) in [5.41, 5.74) is 0.911. The number of benzene rings is 2. The zero-order valence-corrected chi connectivity index (χ0v) is 11.4. The number of hydrogen-bond acceptors (Lipinski definition) is 3. The second-order valence-corrected chi connectivity index (χ2v) is 4.72. The van der Waals surface area contributed by atoms with E-state index in [-0.39, 0.29) is 11.4 Å². The summed E-state index contributed by atoms with van der Waals surface area (Å²) in [5, 5.41) is 13.5. The van der Waals surface area contributed by atoms with E-state index in [0.717, 1.165) is 22.2 Å². The number of hydrogen-bond donors (Lipinski definition) is 1. The molecule has 0 spiro atoms. The number of rotatable bonds is 4. The average molecular weight is 325 g/mol. The topological polar surface area (TPSA) is 55.2 Å². The molecule has 2 rings (SSSR count). The molecule has 0 radical (unpaired) electrons. The molecule has 2 aromatic rings. The first kappa shape index (κ1) is 13.5. The van der Waals surface area contributed by atoms with Gasteiger partial charge in [0, 0.05) is 23.2 Å². The zero-order valence-electron chi connectivity index (χ0n) is 9.77. The van der Waals surface area contributed by atoms with E-state index in [1.807, 2.05) is 24.3 Å². The number of nitrogens with one attached hydrogen (secondary N) is 1. The predicted octanol–water partition coefficient (Wildman–Crippen LogP) is 4.11. The zero-order chi connectivity index (χ0) is 13.8. The Morgan fingerprint density at radius 2 is 2.00 bits per heavy atom. The van der Waals surface area contributed by atoms with E-state index in [4.69, 9.17) is 0 Å². The van der Waals surface area contributed by atoms with Crippen LogP contribution in [0, 0.1) is 15.9 Å². The summed E-state index contributed by atoms with van der Waals surface area (Å²) in [4.78, 5) is 10.1. The van der Waals surface area contributed by atoms with Crippen LogP contribution in [-0.2, 0) is 6.54 Å². The largest absolute Gasteiger partial charge is 0.378 e. The van der Waals surface area contributed by atoms with Crippen LogP contribution in [0.15, 0.2) is 46.9 Å². The smallest absolute Gasteiger partial charge is 0.271 e. The van der Waals surface area contributed by atoms with Crippen LogP contribution in [0.25, 0.3) is 0 Å². The Kier molecular flexibility index (Phi) is 4.11. The van der Waals surface area contributed by atoms with Crippen LogP contribution in [-0.4, -0.2) is 4.92 Å². The molecule has 0 unspecified atom stereocenters. The van der Waals surface area contributed by atoms with Crippen molar-refractivity contribution in [2.75, 3.05) is 5.32 Å². The predicted molar refractivity (Wildman–Crippen MR) is 74.5 cm³/mol. The van der Waals surface area contributed by atoms with Gasteiger partial charge in [0.25, 0.3) is 5.69 Å². The fraction of sp³-hybridized carbons (Fsp3) is 0.0769. The first-order chi connectivity index (χ1) is 9.08. The molecule has 0 saturated carbocycles. The van der Waals surface area contributed by atoms with Gasteiger partial charge in [-0.05, 0) is 17.7 Å². The van der Waals surface area contributed by atoms with Gasteiger partial charge in [-0.25, -0.2) is 4.39 Å². The van der Waals surface area contributed by atoms with Crippen LogP contribution < -0.4 is 5.32 Å². The van der Waals surface area contributed by atoms with Crippen LogP contribution in [0.4, 0.5) is 15.8 Å². The van der Waals surface area contributed by atoms with Crippen molar-refractivity contribution < 1.29 is 9.31 Å². The summed E-state index contributed by atoms with van der Waals surface area (Å²) < 4.78 is 14.4. The fourth-order valence-electron chi connectivity index (χ4n) is 1.59. The van der Waals surface area contributed by atoms with Crippen molar-refractivity contribution in [2.24, 2.45) is 0 Å². The minimum Gasteiger partial charge on any atom is -0.378 e. The molecule has 0 aliphatic heterocycles. The number of non-ortho nitro benzene ring substituents is 1. The summed E-state index contributed by atoms with van der Waals surface area (Å²) in [6.45, 7) is 0.375. The minimum atomic E-state index is -0.553. The van der Waals surface area contributed by atoms with Gasteiger partial charge in [-0.15, -0.1) is 0 Å². The highest BCUT2D eigenvalue weighted by molar-refractivity contribution is 9.10. The molecule has 0 aromatic heterocycles. The van der Waals surface area contributed by atoms with Crippen molar-refractivity contribution in [1.82, 2.24) is 0 Å². The molecular formula is C13H10BrFN2O2. The molecule has 0 saturated heterocycles. The Morgan fingerprint density at radius 1 is 1.26 bits per heavy atom. The van der Waals surface area contributed by atoms with Gasteiger partial charge < -0.3 is 5.32 Å². The first-order valence-electron chi connectivity index (χ1n) is 5.49. The van der Waals surface area contributed by atoms with Gasteiger partial charge in [0.1, 0.15) is 5.82 Å². The van der Waals surface area contributed by atoms with Crippen LogP contribution in [0.1, 0.15) is 5.56 Å². The third kappa shape index (κ3) is 3.29. The summed E-state index contributed by atoms with van der Waals surface area (Å²) in [7, 11) is 0. The van der Waals surface area contributed by atoms with E-state index < -0.39 is 10.7 Å². The third-order valence-electron chi connectivity index (χ3n) is 2.59. The molecule has 19 heavy (non-hydrogen) atoms. The Balaban J connectivity index is 2.17. The maximum Gasteiger partial charge on any atom is 0.271 e. The molecule has 4 nitrogen and oxygen atoms in total. The second kappa shape index (κ2) is 5.79. The molecule has 0 bridgehead atoms. The van der Waals surface area contributed by atoms with Crippen molar-refractivity contribution in [1.29, 1.82) is 0 Å². The van der Waals surface area contributed by atoms with E-state index in [1.54, 1.807) is 0 Å². The quantitative estimate of drug-likeness (QED) is 0.680. The Bertz CT molecular complexity index is 619. The fourth-order valence-corrected chi connectivity index (χ4v) is 2.02. The normalized spacial score (nSPS) is 10.2. The molecule has 0 heterocycles. The van der Waals surface area contributed by atoms with E-state index >= 15 is 0 Å². The number of nitrogens with zero attached hydrogens (tertiary/aromatic N) is 1. The van der Waals surface area contributed by atoms with Crippen molar-refractivity contribution in [2.45, 2.75) is 6.54 Å². The molecule has 0 aliphatic carbocycles. The Hall–Kier alpha value is -1.95. The molecular weight excluding hydrogens is 315 g/mol. The van der Waals surface area contributed by atoms with Gasteiger partial charge in [-0.1, -0.05) is 34.1 Å². The second-order valence-electron chi connectivity index (χ2n) is 3.87. The van der Waals surface area contributed by atoms with Crippen LogP contribution in [0.2, 0.25) is 0 Å². The Morgan fingerprint density at radius 3 is 2.68 bits per heavy atom. The number of anilines is 1. The van der Waals surface area contributed by atoms with E-state index in [1.165, 1.54) is 6.07 Å². The number of nitro benzene ring substituents is 1. The van der Waals surface area contributed by atoms with E-state index in [2.05, 4.69) is 21.2 Å². The van der Waals surface area contributed by atoms with Gasteiger partial charge in [-0.2, -0.15) is 0 Å². The van der Waals surface area contributed by atoms with Crippen molar-refractivity contribution in [3.05, 3.63) is 68.4 Å². The van der Waals surface area contributed by atoms with Gasteiger partial charge in [-0.3, -0.25) is 10.1 Å². The average Bonchev–Trinajstić information content (AvgIpc) is 2.39. The van der Waals surface area contributed by atoms with Crippen molar-refractivity contribution >= 4 is 27.3 Å². The molecule has 6 heteroatoms. The minimum absolute atomic E-state index is 0.116. The molecule has 0 fully saturated rings. The van der Waals surface area contributed by atoms with Crippen LogP contribution in [0.5, 0.6) is 0 Å². The first-order valence-corrected chi connectivity index (χ1v) is 6.28. The highest BCUT2D eigenvalue weighted by Gasteiger charge is 2.10. The van der Waals surface area contributed by atoms with Gasteiger partial charge in [0.05, 0.1) is 10.6 Å². The maximum atomic E-state index is 13.5. The number of halogens is 2. The lowest BCUT2D eigenvalue weighted by Gasteiger charge is -2.08. The monoisotopic (exact) mass is 324 g/mol. The van der Waals surface area contributed by atoms with Crippen molar-refractivity contribution in [3.63, 3.8) is 0 Å². The van der Waals surface area contributed by atoms with Gasteiger partial charge in [0.2, 0.25) is 0 Å². The van der Waals surface area contributed by atoms with Crippen LogP contribution in [0.3, 0.4) is 0 Å². The lowest BCUT2D eigenvalue weighted by Crippen LogP contribution is -2.02. The standard InChI is InChI=1S/C13H10BrFN2O2/c14-11-4-2-1-3-9(11)8-16-13-7-10(17(18)19)5-6-12(13)15/h1-7,16H,8H2. The third-order valence-corrected chi connectivity index (χ3v) is 3.36. The van der Waals surface area contributed by atoms with E-state index in [0.29, 0.717) is 6.54 Å². The molecule has 1 N–H and O–H groups in total. The summed E-state index contributed by atoms with van der Waals surface area (Å²) in [6, 6.07) is 10.9. The molecule has 0 aliphatic rings. The summed E-state index contributed by atoms with van der Waals surface area (Å²) in [6.07, 6.45) is 0. The lowest BCUT2D eigenvalue weighted by molar-refractivity contribution is -0.384. The SMILES string of the molecule is O=[N+]([O-])c1ccc(F)c(NCc2ccccc2Br)c1. The molecule has 2 aromatic carbocycles. The lowest BCUT2D eigenvalue weighted by atomic mass is 10.2. The molecule has 98 valence electrons. The Labute approximate surface area is 117 Å².